The van der Waals surface area contributed by atoms with Crippen LogP contribution >= 0.6 is 93.6 Å². The van der Waals surface area contributed by atoms with Crippen LogP contribution in [0.5, 0.6) is 0 Å². The summed E-state index contributed by atoms with van der Waals surface area (Å²) < 4.78 is 47.8. The molecule has 4 atom stereocenters. The second-order valence-electron chi connectivity index (χ2n) is 3.73. The van der Waals surface area contributed by atoms with Crippen LogP contribution < -0.4 is 0 Å². The molecule has 0 spiro atoms. The summed E-state index contributed by atoms with van der Waals surface area (Å²) in [6.07, 6.45) is 0. The molecule has 0 aromatic heterocycles. The summed E-state index contributed by atoms with van der Waals surface area (Å²) >= 11 is 33.7. The van der Waals surface area contributed by atoms with Crippen LogP contribution in [0.15, 0.2) is 0 Å². The lowest BCUT2D eigenvalue weighted by Gasteiger charge is -2.45. The Morgan fingerprint density at radius 3 is 1.58 bits per heavy atom. The summed E-state index contributed by atoms with van der Waals surface area (Å²) in [5.41, 5.74) is -3.00. The Labute approximate surface area is 164 Å². The van der Waals surface area contributed by atoms with Crippen molar-refractivity contribution in [1.82, 2.24) is 13.3 Å². The quantitative estimate of drug-likeness (QED) is 0.199. The first-order chi connectivity index (χ1) is 10.7. The monoisotopic (exact) mass is 531 g/mol. The highest BCUT2D eigenvalue weighted by Crippen LogP contribution is 2.71. The Kier molecular flexibility index (Phi) is 8.65. The van der Waals surface area contributed by atoms with Crippen molar-refractivity contribution in [2.75, 3.05) is 0 Å². The molecule has 0 saturated carbocycles. The molecule has 1 aliphatic rings. The van der Waals surface area contributed by atoms with Crippen LogP contribution in [0.1, 0.15) is 0 Å². The van der Waals surface area contributed by atoms with E-state index in [1.807, 2.05) is 0 Å². The molecule has 21 heteroatoms. The average molecular weight is 534 g/mol. The predicted octanol–water partition coefficient (Wildman–Crippen LogP) is 3.29. The van der Waals surface area contributed by atoms with Crippen molar-refractivity contribution in [3.8, 4) is 0 Å². The van der Waals surface area contributed by atoms with Crippen LogP contribution in [0.3, 0.4) is 0 Å². The SMILES string of the molecule is O=P(O)(O)OP(=O)(O)OP(=O)(OCl)C1N(Cl)C(Cl)N(Cl)C(Cl)N1Cl. The van der Waals surface area contributed by atoms with Gasteiger partial charge in [-0.25, -0.2) is 13.4 Å². The second kappa shape index (κ2) is 8.61. The van der Waals surface area contributed by atoms with Gasteiger partial charge in [-0.2, -0.15) is 21.6 Å². The zero-order valence-corrected chi connectivity index (χ0v) is 17.7. The van der Waals surface area contributed by atoms with Crippen molar-refractivity contribution in [2.24, 2.45) is 0 Å². The van der Waals surface area contributed by atoms with E-state index in [2.05, 4.69) is 12.7 Å². The van der Waals surface area contributed by atoms with E-state index < -0.39 is 40.4 Å². The van der Waals surface area contributed by atoms with Gasteiger partial charge in [0.15, 0.2) is 17.2 Å². The fourth-order valence-corrected chi connectivity index (χ4v) is 7.63. The minimum absolute atomic E-state index is 0.390. The number of halogens is 6. The molecule has 0 aromatic carbocycles. The molecule has 12 nitrogen and oxygen atoms in total. The first-order valence-corrected chi connectivity index (χ1v) is 11.8. The maximum absolute atomic E-state index is 12.6. The standard InChI is InChI=1S/C3H6Cl6N3O9P3/c4-1-10(6)2(5)12(8)3(11(1)7)22(13,19-9)20-24(17,18)21-23(14,15)16/h1-3H,(H,17,18)(H2,14,15,16). The lowest BCUT2D eigenvalue weighted by atomic mass is 10.7. The third-order valence-corrected chi connectivity index (χ3v) is 9.93. The molecule has 1 heterocycles. The predicted molar refractivity (Wildman–Crippen MR) is 84.7 cm³/mol. The van der Waals surface area contributed by atoms with Gasteiger partial charge in [0.25, 0.3) is 0 Å². The van der Waals surface area contributed by atoms with Gasteiger partial charge in [0.1, 0.15) is 0 Å². The fourth-order valence-electron chi connectivity index (χ4n) is 1.29. The van der Waals surface area contributed by atoms with Crippen molar-refractivity contribution in [3.63, 3.8) is 0 Å². The summed E-state index contributed by atoms with van der Waals surface area (Å²) in [6.45, 7) is 0. The van der Waals surface area contributed by atoms with E-state index in [1.165, 1.54) is 0 Å². The van der Waals surface area contributed by atoms with E-state index in [4.69, 9.17) is 80.2 Å². The molecule has 144 valence electrons. The minimum atomic E-state index is -5.67. The molecule has 1 fully saturated rings. The maximum atomic E-state index is 12.6. The highest BCUT2D eigenvalue weighted by molar-refractivity contribution is 7.69. The van der Waals surface area contributed by atoms with E-state index in [0.717, 1.165) is 0 Å². The average Bonchev–Trinajstić information content (AvgIpc) is 2.39. The highest BCUT2D eigenvalue weighted by atomic mass is 35.5. The van der Waals surface area contributed by atoms with E-state index in [0.29, 0.717) is 13.3 Å². The molecule has 3 N–H and O–H groups in total. The summed E-state index contributed by atoms with van der Waals surface area (Å²) in [4.78, 5) is 26.3. The third-order valence-electron chi connectivity index (χ3n) is 2.06. The third kappa shape index (κ3) is 5.78. The van der Waals surface area contributed by atoms with Crippen molar-refractivity contribution >= 4 is 93.6 Å². The fraction of sp³-hybridized carbons (Fsp3) is 1.00. The molecule has 24 heavy (non-hydrogen) atoms. The number of rotatable bonds is 6. The molecule has 0 radical (unpaired) electrons. The zero-order valence-electron chi connectivity index (χ0n) is 10.5. The number of hydrogen-bond donors (Lipinski definition) is 3. The van der Waals surface area contributed by atoms with Crippen LogP contribution in [0.4, 0.5) is 0 Å². The number of nitrogens with zero attached hydrogens (tertiary/aromatic N) is 3. The van der Waals surface area contributed by atoms with Gasteiger partial charge in [-0.1, -0.05) is 23.2 Å². The van der Waals surface area contributed by atoms with Crippen LogP contribution in [-0.4, -0.2) is 45.1 Å². The molecule has 4 unspecified atom stereocenters. The van der Waals surface area contributed by atoms with Gasteiger partial charge in [0, 0.05) is 0 Å². The Bertz CT molecular complexity index is 590. The lowest BCUT2D eigenvalue weighted by molar-refractivity contribution is 0.0504. The van der Waals surface area contributed by atoms with E-state index >= 15 is 0 Å². The summed E-state index contributed by atoms with van der Waals surface area (Å²) in [5.74, 6) is -2.03. The van der Waals surface area contributed by atoms with Crippen molar-refractivity contribution in [2.45, 2.75) is 17.2 Å². The minimum Gasteiger partial charge on any atom is -0.302 e. The second-order valence-corrected chi connectivity index (χ2v) is 11.0. The highest BCUT2D eigenvalue weighted by Gasteiger charge is 2.57. The Morgan fingerprint density at radius 1 is 0.833 bits per heavy atom. The van der Waals surface area contributed by atoms with Crippen LogP contribution in [0.25, 0.3) is 0 Å². The van der Waals surface area contributed by atoms with Crippen LogP contribution in [-0.2, 0) is 26.4 Å². The molecule has 0 amide bonds. The molecule has 1 aliphatic heterocycles. The largest absolute Gasteiger partial charge is 0.488 e. The topological polar surface area (TPSA) is 149 Å². The smallest absolute Gasteiger partial charge is 0.302 e. The van der Waals surface area contributed by atoms with Crippen molar-refractivity contribution in [1.29, 1.82) is 0 Å². The zero-order chi connectivity index (χ0) is 19.1. The van der Waals surface area contributed by atoms with Crippen LogP contribution in [0.2, 0.25) is 0 Å². The van der Waals surface area contributed by atoms with Gasteiger partial charge < -0.3 is 14.7 Å². The van der Waals surface area contributed by atoms with Gasteiger partial charge in [0.05, 0.1) is 11.9 Å². The summed E-state index contributed by atoms with van der Waals surface area (Å²) in [7, 11) is -16.3. The Hall–Kier alpha value is 2.07. The van der Waals surface area contributed by atoms with Gasteiger partial charge in [-0.05, 0) is 35.3 Å². The van der Waals surface area contributed by atoms with Gasteiger partial charge >= 0.3 is 23.2 Å². The maximum Gasteiger partial charge on any atom is 0.488 e. The first kappa shape index (κ1) is 24.1. The van der Waals surface area contributed by atoms with E-state index in [-0.39, 0.29) is 0 Å². The van der Waals surface area contributed by atoms with Crippen molar-refractivity contribution < 1.29 is 41.1 Å². The molecule has 1 saturated heterocycles. The van der Waals surface area contributed by atoms with Crippen molar-refractivity contribution in [3.05, 3.63) is 0 Å². The Balaban J connectivity index is 3.20. The molecule has 0 aliphatic carbocycles. The first-order valence-electron chi connectivity index (χ1n) is 4.97. The van der Waals surface area contributed by atoms with Crippen LogP contribution in [0, 0.1) is 0 Å². The molecule has 0 aromatic rings. The molecule has 0 bridgehead atoms. The van der Waals surface area contributed by atoms with Gasteiger partial charge in [-0.15, -0.1) is 0 Å². The van der Waals surface area contributed by atoms with E-state index in [9.17, 15) is 18.6 Å². The summed E-state index contributed by atoms with van der Waals surface area (Å²) in [5, 5.41) is 0. The molecular weight excluding hydrogens is 528 g/mol. The molecular formula is C3H6Cl6N3O9P3. The number of phosphoric acid groups is 2. The Morgan fingerprint density at radius 2 is 1.25 bits per heavy atom. The normalized spacial score (nSPS) is 33.1. The van der Waals surface area contributed by atoms with Gasteiger partial charge in [-0.3, -0.25) is 4.57 Å². The molecule has 1 rings (SSSR count). The lowest BCUT2D eigenvalue weighted by Crippen LogP contribution is -2.59. The number of hydrogen-bond acceptors (Lipinski definition) is 9. The van der Waals surface area contributed by atoms with E-state index in [1.54, 1.807) is 0 Å². The summed E-state index contributed by atoms with van der Waals surface area (Å²) in [6, 6.07) is 0. The van der Waals surface area contributed by atoms with Gasteiger partial charge in [0.2, 0.25) is 0 Å². The number of alkyl halides is 2.